The highest BCUT2D eigenvalue weighted by Crippen LogP contribution is 2.19. The number of benzene rings is 1. The van der Waals surface area contributed by atoms with Gasteiger partial charge in [0.2, 0.25) is 0 Å². The van der Waals surface area contributed by atoms with E-state index in [9.17, 15) is 13.2 Å². The summed E-state index contributed by atoms with van der Waals surface area (Å²) >= 11 is 0. The molecule has 2 N–H and O–H groups in total. The molecule has 0 aliphatic rings. The molecule has 98 valence electrons. The van der Waals surface area contributed by atoms with Gasteiger partial charge >= 0.3 is 6.18 Å². The molecule has 0 aliphatic carbocycles. The molecule has 18 heavy (non-hydrogen) atoms. The molecule has 0 unspecified atom stereocenters. The highest BCUT2D eigenvalue weighted by molar-refractivity contribution is 5.36. The summed E-state index contributed by atoms with van der Waals surface area (Å²) in [6, 6.07) is 7.11. The zero-order valence-corrected chi connectivity index (χ0v) is 9.76. The van der Waals surface area contributed by atoms with Crippen LogP contribution in [0, 0.1) is 11.8 Å². The minimum absolute atomic E-state index is 0.167. The lowest BCUT2D eigenvalue weighted by molar-refractivity contribution is -0.146. The maximum Gasteiger partial charge on any atom is 0.391 e. The number of alkyl halides is 3. The molecule has 0 fully saturated rings. The van der Waals surface area contributed by atoms with Crippen molar-refractivity contribution < 1.29 is 17.9 Å². The number of hydrogen-bond donors (Lipinski definition) is 1. The van der Waals surface area contributed by atoms with Gasteiger partial charge in [-0.15, -0.1) is 0 Å². The smallest absolute Gasteiger partial charge is 0.376 e. The van der Waals surface area contributed by atoms with Gasteiger partial charge in [-0.2, -0.15) is 13.2 Å². The molecule has 2 nitrogen and oxygen atoms in total. The van der Waals surface area contributed by atoms with Crippen molar-refractivity contribution in [3.8, 4) is 11.8 Å². The molecule has 0 saturated heterocycles. The van der Waals surface area contributed by atoms with Gasteiger partial charge in [0.1, 0.15) is 0 Å². The largest absolute Gasteiger partial charge is 0.391 e. The molecule has 1 rings (SSSR count). The fourth-order valence-corrected chi connectivity index (χ4v) is 1.22. The van der Waals surface area contributed by atoms with E-state index in [-0.39, 0.29) is 13.2 Å². The molecule has 0 aromatic heterocycles. The lowest BCUT2D eigenvalue weighted by atomic mass is 10.1. The molecule has 0 aliphatic heterocycles. The van der Waals surface area contributed by atoms with Crippen LogP contribution in [0.15, 0.2) is 24.3 Å². The quantitative estimate of drug-likeness (QED) is 0.664. The molecular formula is C13H14F3NO. The predicted molar refractivity (Wildman–Crippen MR) is 62.7 cm³/mol. The van der Waals surface area contributed by atoms with Crippen LogP contribution in [-0.4, -0.2) is 19.3 Å². The van der Waals surface area contributed by atoms with Gasteiger partial charge in [-0.1, -0.05) is 24.0 Å². The molecule has 0 radical (unpaired) electrons. The molecule has 0 atom stereocenters. The molecule has 0 spiro atoms. The molecule has 0 saturated carbocycles. The van der Waals surface area contributed by atoms with Crippen molar-refractivity contribution in [3.05, 3.63) is 35.4 Å². The Bertz CT molecular complexity index is 415. The summed E-state index contributed by atoms with van der Waals surface area (Å²) in [5.74, 6) is 5.57. The van der Waals surface area contributed by atoms with Crippen LogP contribution in [-0.2, 0) is 11.3 Å². The number of nitrogens with two attached hydrogens (primary N) is 1. The third-order valence-corrected chi connectivity index (χ3v) is 2.09. The van der Waals surface area contributed by atoms with E-state index in [4.69, 9.17) is 10.5 Å². The minimum Gasteiger partial charge on any atom is -0.376 e. The van der Waals surface area contributed by atoms with Crippen molar-refractivity contribution >= 4 is 0 Å². The second-order valence-electron chi connectivity index (χ2n) is 3.62. The summed E-state index contributed by atoms with van der Waals surface area (Å²) in [7, 11) is 0. The lowest BCUT2D eigenvalue weighted by Gasteiger charge is -2.07. The maximum absolute atomic E-state index is 11.8. The van der Waals surface area contributed by atoms with Crippen LogP contribution < -0.4 is 5.73 Å². The molecule has 0 heterocycles. The summed E-state index contributed by atoms with van der Waals surface area (Å²) in [6.07, 6.45) is -5.09. The molecular weight excluding hydrogens is 243 g/mol. The molecule has 5 heteroatoms. The van der Waals surface area contributed by atoms with Gasteiger partial charge in [-0.3, -0.25) is 0 Å². The molecule has 0 amide bonds. The normalized spacial score (nSPS) is 10.9. The Balaban J connectivity index is 2.35. The van der Waals surface area contributed by atoms with Gasteiger partial charge in [0.15, 0.2) is 0 Å². The van der Waals surface area contributed by atoms with Crippen LogP contribution in [0.1, 0.15) is 17.5 Å². The Hall–Kier alpha value is -1.51. The second-order valence-corrected chi connectivity index (χ2v) is 3.62. The van der Waals surface area contributed by atoms with Crippen molar-refractivity contribution in [1.29, 1.82) is 0 Å². The van der Waals surface area contributed by atoms with Gasteiger partial charge in [0.25, 0.3) is 0 Å². The van der Waals surface area contributed by atoms with E-state index in [0.29, 0.717) is 6.54 Å². The Kier molecular flexibility index (Phi) is 5.69. The standard InChI is InChI=1S/C13H14F3NO/c14-13(15,16)7-9-18-10-12-5-3-11(4-6-12)2-1-8-17/h3-6H,7-10,17H2. The average Bonchev–Trinajstić information content (AvgIpc) is 2.32. The Morgan fingerprint density at radius 2 is 1.83 bits per heavy atom. The summed E-state index contributed by atoms with van der Waals surface area (Å²) < 4.78 is 40.5. The van der Waals surface area contributed by atoms with E-state index in [0.717, 1.165) is 11.1 Å². The van der Waals surface area contributed by atoms with Gasteiger partial charge in [-0.25, -0.2) is 0 Å². The first kappa shape index (κ1) is 14.6. The molecule has 1 aromatic carbocycles. The van der Waals surface area contributed by atoms with Crippen LogP contribution in [0.4, 0.5) is 13.2 Å². The van der Waals surface area contributed by atoms with Crippen LogP contribution in [0.3, 0.4) is 0 Å². The number of hydrogen-bond acceptors (Lipinski definition) is 2. The van der Waals surface area contributed by atoms with E-state index in [2.05, 4.69) is 11.8 Å². The SMILES string of the molecule is NCC#Cc1ccc(COCCC(F)(F)F)cc1. The van der Waals surface area contributed by atoms with Gasteiger partial charge in [-0.05, 0) is 17.7 Å². The molecule has 0 bridgehead atoms. The van der Waals surface area contributed by atoms with Crippen molar-refractivity contribution in [2.24, 2.45) is 5.73 Å². The van der Waals surface area contributed by atoms with E-state index in [1.165, 1.54) is 0 Å². The minimum atomic E-state index is -4.17. The Morgan fingerprint density at radius 3 is 2.39 bits per heavy atom. The topological polar surface area (TPSA) is 35.2 Å². The first-order valence-electron chi connectivity index (χ1n) is 5.43. The van der Waals surface area contributed by atoms with Crippen LogP contribution in [0.5, 0.6) is 0 Å². The number of halogens is 3. The molecule has 1 aromatic rings. The van der Waals surface area contributed by atoms with Crippen LogP contribution in [0.25, 0.3) is 0 Å². The summed E-state index contributed by atoms with van der Waals surface area (Å²) in [6.45, 7) is 0.140. The van der Waals surface area contributed by atoms with Gasteiger partial charge < -0.3 is 10.5 Å². The van der Waals surface area contributed by atoms with Crippen molar-refractivity contribution in [2.75, 3.05) is 13.2 Å². The predicted octanol–water partition coefficient (Wildman–Crippen LogP) is 2.47. The highest BCUT2D eigenvalue weighted by atomic mass is 19.4. The zero-order valence-electron chi connectivity index (χ0n) is 9.76. The summed E-state index contributed by atoms with van der Waals surface area (Å²) in [5.41, 5.74) is 6.87. The first-order valence-corrected chi connectivity index (χ1v) is 5.43. The van der Waals surface area contributed by atoms with Crippen LogP contribution in [0.2, 0.25) is 0 Å². The van der Waals surface area contributed by atoms with Crippen molar-refractivity contribution in [3.63, 3.8) is 0 Å². The average molecular weight is 257 g/mol. The van der Waals surface area contributed by atoms with E-state index >= 15 is 0 Å². The van der Waals surface area contributed by atoms with Crippen LogP contribution >= 0.6 is 0 Å². The summed E-state index contributed by atoms with van der Waals surface area (Å²) in [4.78, 5) is 0. The summed E-state index contributed by atoms with van der Waals surface area (Å²) in [5, 5.41) is 0. The van der Waals surface area contributed by atoms with E-state index in [1.54, 1.807) is 24.3 Å². The Labute approximate surface area is 104 Å². The third kappa shape index (κ3) is 6.28. The van der Waals surface area contributed by atoms with Crippen molar-refractivity contribution in [1.82, 2.24) is 0 Å². The Morgan fingerprint density at radius 1 is 1.17 bits per heavy atom. The second kappa shape index (κ2) is 7.04. The lowest BCUT2D eigenvalue weighted by Crippen LogP contribution is -2.11. The fourth-order valence-electron chi connectivity index (χ4n) is 1.22. The monoisotopic (exact) mass is 257 g/mol. The van der Waals surface area contributed by atoms with Gasteiger partial charge in [0.05, 0.1) is 26.2 Å². The third-order valence-electron chi connectivity index (χ3n) is 2.09. The number of rotatable bonds is 4. The zero-order chi connectivity index (χ0) is 13.4. The number of ether oxygens (including phenoxy) is 1. The maximum atomic E-state index is 11.8. The highest BCUT2D eigenvalue weighted by Gasteiger charge is 2.26. The first-order chi connectivity index (χ1) is 8.51. The van der Waals surface area contributed by atoms with Gasteiger partial charge in [0, 0.05) is 5.56 Å². The van der Waals surface area contributed by atoms with Crippen molar-refractivity contribution in [2.45, 2.75) is 19.2 Å². The van der Waals surface area contributed by atoms with E-state index in [1.807, 2.05) is 0 Å². The van der Waals surface area contributed by atoms with E-state index < -0.39 is 12.6 Å². The fraction of sp³-hybridized carbons (Fsp3) is 0.385.